The zero-order chi connectivity index (χ0) is 54.7. The van der Waals surface area contributed by atoms with Crippen molar-refractivity contribution in [3.05, 3.63) is 249 Å². The normalized spacial score (nSPS) is 14.0. The number of rotatable bonds is 6. The molecule has 0 saturated heterocycles. The second-order valence-corrected chi connectivity index (χ2v) is 26.4. The number of hydrogen-bond donors (Lipinski definition) is 0. The van der Waals surface area contributed by atoms with Crippen molar-refractivity contribution in [3.8, 4) is 22.9 Å². The Balaban J connectivity index is 1.07. The minimum atomic E-state index is -0.747. The Labute approximate surface area is 472 Å². The molecule has 0 atom stereocenters. The van der Waals surface area contributed by atoms with Crippen molar-refractivity contribution < 1.29 is 24.1 Å². The number of pyridine rings is 1. The van der Waals surface area contributed by atoms with Crippen molar-refractivity contribution in [2.24, 2.45) is 0 Å². The first kappa shape index (κ1) is 51.2. The quantitative estimate of drug-likeness (QED) is 0.166. The van der Waals surface area contributed by atoms with Crippen LogP contribution in [0.1, 0.15) is 128 Å². The first-order valence-electron chi connectivity index (χ1n) is 27.4. The van der Waals surface area contributed by atoms with Gasteiger partial charge in [0.25, 0.3) is 0 Å². The van der Waals surface area contributed by atoms with Crippen LogP contribution in [0.2, 0.25) is 0 Å². The van der Waals surface area contributed by atoms with Gasteiger partial charge in [-0.2, -0.15) is 0 Å². The van der Waals surface area contributed by atoms with E-state index < -0.39 is 5.41 Å². The third kappa shape index (κ3) is 8.50. The zero-order valence-corrected chi connectivity index (χ0v) is 49.3. The van der Waals surface area contributed by atoms with E-state index in [9.17, 15) is 0 Å². The van der Waals surface area contributed by atoms with Gasteiger partial charge in [0.2, 0.25) is 0 Å². The molecule has 4 heterocycles. The topological polar surface area (TPSA) is 38.5 Å². The number of aromatic nitrogens is 3. The van der Waals surface area contributed by atoms with Gasteiger partial charge in [-0.05, 0) is 52.3 Å². The number of anilines is 6. The summed E-state index contributed by atoms with van der Waals surface area (Å²) in [5.74, 6) is 2.33. The van der Waals surface area contributed by atoms with Crippen LogP contribution in [0, 0.1) is 3.80 Å². The summed E-state index contributed by atoms with van der Waals surface area (Å²) < 4.78 is 13.0. The van der Waals surface area contributed by atoms with Crippen LogP contribution in [-0.4, -0.2) is 14.1 Å². The standard InChI is InChI=1S/C71H69N5O.Pt/c1-67(2,3)47-33-36-62-59(42-47)71(56-27-16-18-29-60(56)75(51-23-14-13-15-24-51)61-30-19-17-28-57(61)71)58-35-34-55(45-65(58)76(62)66-43-48(37-38-72-66)68(4,5)6)77-54-26-22-25-52(44-54)73-46-74(64-32-21-20-31-63(64)73)53-40-49(69(7,8)9)39-50(41-53)70(10,11)12;/h13-45H,1-12H3;. The summed E-state index contributed by atoms with van der Waals surface area (Å²) in [6, 6.07) is 71.6. The van der Waals surface area contributed by atoms with Gasteiger partial charge in [0.15, 0.2) is 0 Å². The number of benzene rings is 8. The van der Waals surface area contributed by atoms with E-state index in [2.05, 4.69) is 315 Å². The van der Waals surface area contributed by atoms with E-state index in [0.29, 0.717) is 0 Å². The van der Waals surface area contributed by atoms with E-state index in [-0.39, 0.29) is 21.7 Å². The van der Waals surface area contributed by atoms with Crippen LogP contribution < -0.4 is 14.5 Å². The maximum absolute atomic E-state index is 7.18. The Morgan fingerprint density at radius 2 is 0.885 bits per heavy atom. The van der Waals surface area contributed by atoms with Crippen molar-refractivity contribution in [2.75, 3.05) is 9.80 Å². The van der Waals surface area contributed by atoms with E-state index in [4.69, 9.17) is 9.72 Å². The Morgan fingerprint density at radius 1 is 0.372 bits per heavy atom. The summed E-state index contributed by atoms with van der Waals surface area (Å²) in [4.78, 5) is 10.1. The van der Waals surface area contributed by atoms with Crippen LogP contribution in [0.5, 0.6) is 11.5 Å². The fourth-order valence-electron chi connectivity index (χ4n) is 11.8. The van der Waals surface area contributed by atoms with Gasteiger partial charge >= 0.3 is 286 Å². The first-order valence-corrected chi connectivity index (χ1v) is 28.5. The van der Waals surface area contributed by atoms with E-state index in [1.54, 1.807) is 0 Å². The molecule has 78 heavy (non-hydrogen) atoms. The molecule has 2 aliphatic heterocycles. The summed E-state index contributed by atoms with van der Waals surface area (Å²) >= 11 is 2.52. The van der Waals surface area contributed by atoms with Crippen LogP contribution >= 0.6 is 0 Å². The Morgan fingerprint density at radius 3 is 1.50 bits per heavy atom. The minimum absolute atomic E-state index is 0.0262. The Hall–Kier alpha value is -7.53. The number of imidazole rings is 1. The number of para-hydroxylation sites is 5. The molecule has 1 spiro atoms. The van der Waals surface area contributed by atoms with Crippen molar-refractivity contribution >= 4 is 45.3 Å². The van der Waals surface area contributed by atoms with E-state index in [0.717, 1.165) is 77.5 Å². The van der Waals surface area contributed by atoms with Gasteiger partial charge in [-0.3, -0.25) is 0 Å². The van der Waals surface area contributed by atoms with Gasteiger partial charge in [-0.1, -0.05) is 108 Å². The molecule has 0 amide bonds. The van der Waals surface area contributed by atoms with Crippen LogP contribution in [0.15, 0.2) is 200 Å². The van der Waals surface area contributed by atoms with E-state index in [1.807, 2.05) is 6.20 Å². The number of ether oxygens (including phenoxy) is 1. The molecule has 2 aliphatic rings. The molecular formula is C71H69N5OPt. The monoisotopic (exact) mass is 1200 g/mol. The molecule has 0 fully saturated rings. The SMILES string of the molecule is CC(C)(C)c1cc(-n2[c](=[Pt])n(-c3cccc(Oc4ccc5c(c4)N(c4cc(C(C)(C)C)ccn4)c4ccc(C(C)(C)C)cc4C54c5ccccc5N(c5ccccc5)c5ccccc54)c3)c3ccccc32)cc(C(C)(C)C)c1. The van der Waals surface area contributed by atoms with E-state index >= 15 is 0 Å². The molecule has 10 aromatic rings. The maximum atomic E-state index is 7.18. The predicted octanol–water partition coefficient (Wildman–Crippen LogP) is 18.8. The molecule has 0 aliphatic carbocycles. The molecular weight excluding hydrogens is 1130 g/mol. The number of nitrogens with zero attached hydrogens (tertiary/aromatic N) is 5. The average Bonchev–Trinajstić information content (AvgIpc) is 1.84. The molecule has 0 N–H and O–H groups in total. The molecule has 8 aromatic carbocycles. The van der Waals surface area contributed by atoms with Crippen LogP contribution in [0.3, 0.4) is 0 Å². The molecule has 0 unspecified atom stereocenters. The number of hydrogen-bond acceptors (Lipinski definition) is 4. The summed E-state index contributed by atoms with van der Waals surface area (Å²) in [6.07, 6.45) is 1.97. The fraction of sp³-hybridized carbons (Fsp3) is 0.239. The molecule has 0 saturated carbocycles. The molecule has 6 nitrogen and oxygen atoms in total. The van der Waals surface area contributed by atoms with Gasteiger partial charge in [0, 0.05) is 11.9 Å². The van der Waals surface area contributed by atoms with Gasteiger partial charge in [0.1, 0.15) is 0 Å². The fourth-order valence-corrected chi connectivity index (χ4v) is 12.9. The summed E-state index contributed by atoms with van der Waals surface area (Å²) in [7, 11) is 0. The molecule has 394 valence electrons. The van der Waals surface area contributed by atoms with Gasteiger partial charge in [-0.15, -0.1) is 0 Å². The second-order valence-electron chi connectivity index (χ2n) is 25.4. The molecule has 0 bridgehead atoms. The summed E-state index contributed by atoms with van der Waals surface area (Å²) in [6.45, 7) is 27.6. The van der Waals surface area contributed by atoms with Gasteiger partial charge in [0.05, 0.1) is 11.4 Å². The summed E-state index contributed by atoms with van der Waals surface area (Å²) in [5.41, 5.74) is 18.8. The van der Waals surface area contributed by atoms with Crippen LogP contribution in [0.25, 0.3) is 22.4 Å². The molecule has 12 rings (SSSR count). The molecule has 2 aromatic heterocycles. The van der Waals surface area contributed by atoms with Crippen molar-refractivity contribution in [1.82, 2.24) is 14.1 Å². The van der Waals surface area contributed by atoms with Gasteiger partial charge < -0.3 is 4.90 Å². The summed E-state index contributed by atoms with van der Waals surface area (Å²) in [5, 5.41) is 0. The third-order valence-electron chi connectivity index (χ3n) is 16.0. The van der Waals surface area contributed by atoms with E-state index in [1.165, 1.54) is 38.9 Å². The van der Waals surface area contributed by atoms with Crippen LogP contribution in [-0.2, 0) is 46.4 Å². The predicted molar refractivity (Wildman–Crippen MR) is 320 cm³/mol. The van der Waals surface area contributed by atoms with Crippen molar-refractivity contribution in [2.45, 2.75) is 110 Å². The van der Waals surface area contributed by atoms with Crippen molar-refractivity contribution in [3.63, 3.8) is 0 Å². The third-order valence-corrected chi connectivity index (χ3v) is 17.0. The number of fused-ring (bicyclic) bond motifs is 9. The molecule has 7 heteroatoms. The van der Waals surface area contributed by atoms with Crippen LogP contribution in [0.4, 0.5) is 34.3 Å². The second kappa shape index (κ2) is 18.6. The van der Waals surface area contributed by atoms with Gasteiger partial charge in [-0.25, -0.2) is 0 Å². The Bertz CT molecular complexity index is 3960. The first-order chi connectivity index (χ1) is 37.1. The zero-order valence-electron chi connectivity index (χ0n) is 47.0. The Kier molecular flexibility index (Phi) is 12.2. The van der Waals surface area contributed by atoms with Crippen molar-refractivity contribution in [1.29, 1.82) is 0 Å². The molecule has 0 radical (unpaired) electrons. The average molecular weight is 1200 g/mol.